The highest BCUT2D eigenvalue weighted by molar-refractivity contribution is 5.90. The number of nitrogens with one attached hydrogen (secondary N) is 2. The molecular weight excluding hydrogens is 346 g/mol. The lowest BCUT2D eigenvalue weighted by Gasteiger charge is -2.16. The first kappa shape index (κ1) is 20.6. The molecule has 0 saturated carbocycles. The fourth-order valence-electron chi connectivity index (χ4n) is 3.09. The van der Waals surface area contributed by atoms with Crippen LogP contribution in [0.3, 0.4) is 0 Å². The van der Waals surface area contributed by atoms with E-state index in [1.54, 1.807) is 25.1 Å². The van der Waals surface area contributed by atoms with Crippen molar-refractivity contribution in [3.8, 4) is 0 Å². The Morgan fingerprint density at radius 2 is 2.26 bits per heavy atom. The van der Waals surface area contributed by atoms with Gasteiger partial charge in [-0.2, -0.15) is 5.10 Å². The van der Waals surface area contributed by atoms with E-state index >= 15 is 4.39 Å². The standard InChI is InChI=1S/C21H26F2N4/c1-4-6-16(12-26-24)21(23)18(20-14(2)7-5-8-19(20)22)11-15(3)27-17-9-10-25-13-17/h4-5,7-8,11-12,17,25,27H,1,3,6,9-10,13,24H2,2H3/b18-11-,21-16-,26-12-. The predicted molar refractivity (Wildman–Crippen MR) is 108 cm³/mol. The molecule has 1 aromatic carbocycles. The molecule has 0 aliphatic carbocycles. The third-order valence-electron chi connectivity index (χ3n) is 4.37. The summed E-state index contributed by atoms with van der Waals surface area (Å²) < 4.78 is 30.0. The van der Waals surface area contributed by atoms with Crippen molar-refractivity contribution in [2.45, 2.75) is 25.8 Å². The van der Waals surface area contributed by atoms with Crippen molar-refractivity contribution in [2.24, 2.45) is 10.9 Å². The lowest BCUT2D eigenvalue weighted by Crippen LogP contribution is -2.29. The van der Waals surface area contributed by atoms with Gasteiger partial charge in [-0.3, -0.25) is 0 Å². The fraction of sp³-hybridized carbons (Fsp3) is 0.286. The molecule has 6 heteroatoms. The van der Waals surface area contributed by atoms with Gasteiger partial charge in [0, 0.05) is 35.0 Å². The second-order valence-corrected chi connectivity index (χ2v) is 6.46. The van der Waals surface area contributed by atoms with Crippen molar-refractivity contribution >= 4 is 11.8 Å². The SMILES string of the molecule is C=CCC(/C=N\N)=C(F)\C(=C/C(=C)NC1CCNC1)c1c(C)cccc1F. The quantitative estimate of drug-likeness (QED) is 0.214. The minimum atomic E-state index is -0.607. The van der Waals surface area contributed by atoms with Gasteiger partial charge in [-0.25, -0.2) is 8.78 Å². The first-order chi connectivity index (χ1) is 13.0. The van der Waals surface area contributed by atoms with Crippen molar-refractivity contribution in [1.29, 1.82) is 0 Å². The summed E-state index contributed by atoms with van der Waals surface area (Å²) in [4.78, 5) is 0. The van der Waals surface area contributed by atoms with Crippen LogP contribution in [0.5, 0.6) is 0 Å². The summed E-state index contributed by atoms with van der Waals surface area (Å²) >= 11 is 0. The van der Waals surface area contributed by atoms with Gasteiger partial charge in [-0.15, -0.1) is 6.58 Å². The molecular formula is C21H26F2N4. The second-order valence-electron chi connectivity index (χ2n) is 6.46. The summed E-state index contributed by atoms with van der Waals surface area (Å²) in [5, 5.41) is 9.92. The van der Waals surface area contributed by atoms with Crippen molar-refractivity contribution in [2.75, 3.05) is 13.1 Å². The molecule has 0 amide bonds. The molecule has 1 heterocycles. The van der Waals surface area contributed by atoms with Crippen molar-refractivity contribution in [1.82, 2.24) is 10.6 Å². The van der Waals surface area contributed by atoms with Gasteiger partial charge in [0.25, 0.3) is 0 Å². The Bertz CT molecular complexity index is 767. The molecule has 0 spiro atoms. The molecule has 27 heavy (non-hydrogen) atoms. The highest BCUT2D eigenvalue weighted by atomic mass is 19.1. The van der Waals surface area contributed by atoms with Crippen LogP contribution >= 0.6 is 0 Å². The van der Waals surface area contributed by atoms with Gasteiger partial charge < -0.3 is 16.5 Å². The fourth-order valence-corrected chi connectivity index (χ4v) is 3.09. The van der Waals surface area contributed by atoms with Crippen LogP contribution < -0.4 is 16.5 Å². The molecule has 0 radical (unpaired) electrons. The Balaban J connectivity index is 2.53. The van der Waals surface area contributed by atoms with Gasteiger partial charge in [0.15, 0.2) is 0 Å². The molecule has 2 rings (SSSR count). The van der Waals surface area contributed by atoms with Crippen LogP contribution in [0.15, 0.2) is 65.7 Å². The molecule has 1 fully saturated rings. The lowest BCUT2D eigenvalue weighted by molar-refractivity contribution is 0.614. The second kappa shape index (κ2) is 9.83. The smallest absolute Gasteiger partial charge is 0.136 e. The summed E-state index contributed by atoms with van der Waals surface area (Å²) in [7, 11) is 0. The Hall–Kier alpha value is -2.73. The van der Waals surface area contributed by atoms with Crippen LogP contribution in [-0.4, -0.2) is 25.3 Å². The van der Waals surface area contributed by atoms with Gasteiger partial charge >= 0.3 is 0 Å². The van der Waals surface area contributed by atoms with Gasteiger partial charge in [0.05, 0.1) is 6.21 Å². The maximum absolute atomic E-state index is 15.4. The Labute approximate surface area is 159 Å². The third kappa shape index (κ3) is 5.37. The van der Waals surface area contributed by atoms with E-state index in [4.69, 9.17) is 5.84 Å². The van der Waals surface area contributed by atoms with E-state index in [0.29, 0.717) is 11.3 Å². The minimum absolute atomic E-state index is 0.103. The third-order valence-corrected chi connectivity index (χ3v) is 4.37. The Morgan fingerprint density at radius 1 is 1.48 bits per heavy atom. The first-order valence-electron chi connectivity index (χ1n) is 8.84. The van der Waals surface area contributed by atoms with E-state index in [0.717, 1.165) is 19.5 Å². The molecule has 1 aromatic rings. The van der Waals surface area contributed by atoms with Crippen molar-refractivity contribution in [3.05, 3.63) is 77.6 Å². The zero-order chi connectivity index (χ0) is 19.8. The van der Waals surface area contributed by atoms with Crippen molar-refractivity contribution < 1.29 is 8.78 Å². The number of hydrogen-bond acceptors (Lipinski definition) is 4. The van der Waals surface area contributed by atoms with Crippen LogP contribution in [0.1, 0.15) is 24.0 Å². The summed E-state index contributed by atoms with van der Waals surface area (Å²) in [5.74, 6) is 4.10. The van der Waals surface area contributed by atoms with E-state index < -0.39 is 11.6 Å². The molecule has 1 saturated heterocycles. The number of aryl methyl sites for hydroxylation is 1. The number of halogens is 2. The van der Waals surface area contributed by atoms with Crippen LogP contribution in [0.25, 0.3) is 5.57 Å². The van der Waals surface area contributed by atoms with Crippen LogP contribution in [0.2, 0.25) is 0 Å². The normalized spacial score (nSPS) is 18.5. The number of allylic oxidation sites excluding steroid dienone is 5. The zero-order valence-electron chi connectivity index (χ0n) is 15.6. The summed E-state index contributed by atoms with van der Waals surface area (Å²) in [5.41, 5.74) is 1.64. The highest BCUT2D eigenvalue weighted by Crippen LogP contribution is 2.32. The largest absolute Gasteiger partial charge is 0.381 e. The van der Waals surface area contributed by atoms with E-state index in [2.05, 4.69) is 28.9 Å². The number of hydrazone groups is 1. The van der Waals surface area contributed by atoms with E-state index in [1.165, 1.54) is 18.4 Å². The lowest BCUT2D eigenvalue weighted by atomic mass is 9.95. The number of benzene rings is 1. The molecule has 0 bridgehead atoms. The number of nitrogens with two attached hydrogens (primary N) is 1. The zero-order valence-corrected chi connectivity index (χ0v) is 15.6. The molecule has 1 aliphatic heterocycles. The topological polar surface area (TPSA) is 62.4 Å². The van der Waals surface area contributed by atoms with E-state index in [-0.39, 0.29) is 29.2 Å². The predicted octanol–water partition coefficient (Wildman–Crippen LogP) is 3.73. The van der Waals surface area contributed by atoms with E-state index in [9.17, 15) is 4.39 Å². The number of rotatable bonds is 8. The van der Waals surface area contributed by atoms with E-state index in [1.807, 2.05) is 0 Å². The minimum Gasteiger partial charge on any atom is -0.381 e. The average Bonchev–Trinajstić information content (AvgIpc) is 3.12. The molecule has 4 nitrogen and oxygen atoms in total. The monoisotopic (exact) mass is 372 g/mol. The van der Waals surface area contributed by atoms with Crippen LogP contribution in [0.4, 0.5) is 8.78 Å². The Kier molecular flexibility index (Phi) is 7.49. The molecule has 1 aliphatic rings. The van der Waals surface area contributed by atoms with Crippen LogP contribution in [-0.2, 0) is 0 Å². The van der Waals surface area contributed by atoms with Crippen molar-refractivity contribution in [3.63, 3.8) is 0 Å². The number of hydrogen-bond donors (Lipinski definition) is 3. The molecule has 4 N–H and O–H groups in total. The van der Waals surface area contributed by atoms with Gasteiger partial charge in [-0.1, -0.05) is 24.8 Å². The molecule has 1 unspecified atom stereocenters. The summed E-state index contributed by atoms with van der Waals surface area (Å²) in [6.45, 7) is 11.1. The molecule has 0 aromatic heterocycles. The van der Waals surface area contributed by atoms with Gasteiger partial charge in [0.2, 0.25) is 0 Å². The van der Waals surface area contributed by atoms with Gasteiger partial charge in [0.1, 0.15) is 11.6 Å². The maximum atomic E-state index is 15.4. The summed E-state index contributed by atoms with van der Waals surface area (Å²) in [6, 6.07) is 4.85. The summed E-state index contributed by atoms with van der Waals surface area (Å²) in [6.07, 6.45) is 5.45. The first-order valence-corrected chi connectivity index (χ1v) is 8.84. The molecule has 144 valence electrons. The maximum Gasteiger partial charge on any atom is 0.136 e. The van der Waals surface area contributed by atoms with Gasteiger partial charge in [-0.05, 0) is 44.0 Å². The highest BCUT2D eigenvalue weighted by Gasteiger charge is 2.20. The number of nitrogens with zero attached hydrogens (tertiary/aromatic N) is 1. The molecule has 1 atom stereocenters. The Morgan fingerprint density at radius 3 is 2.85 bits per heavy atom. The van der Waals surface area contributed by atoms with Crippen LogP contribution in [0, 0.1) is 12.7 Å². The average molecular weight is 372 g/mol.